The highest BCUT2D eigenvalue weighted by Crippen LogP contribution is 2.23. The molecule has 0 saturated carbocycles. The number of hydrogen-bond donors (Lipinski definition) is 0. The molecule has 2 aliphatic heterocycles. The fourth-order valence-corrected chi connectivity index (χ4v) is 1.35. The molecule has 2 atom stereocenters. The van der Waals surface area contributed by atoms with Crippen LogP contribution in [-0.4, -0.2) is 38.0 Å². The van der Waals surface area contributed by atoms with E-state index in [1.165, 1.54) is 0 Å². The summed E-state index contributed by atoms with van der Waals surface area (Å²) in [6.07, 6.45) is 0.0959. The van der Waals surface area contributed by atoms with Crippen molar-refractivity contribution in [1.82, 2.24) is 0 Å². The molecule has 0 aromatic heterocycles. The SMILES string of the molecule is CC1(C)OC[C@@H]2OCO[C@@H]2CO1. The summed E-state index contributed by atoms with van der Waals surface area (Å²) >= 11 is 0. The van der Waals surface area contributed by atoms with Crippen molar-refractivity contribution >= 4 is 0 Å². The van der Waals surface area contributed by atoms with Crippen molar-refractivity contribution in [3.63, 3.8) is 0 Å². The Bertz CT molecular complexity index is 152. The number of fused-ring (bicyclic) bond motifs is 1. The molecule has 4 nitrogen and oxygen atoms in total. The standard InChI is InChI=1S/C8H14O4/c1-8(2)11-3-6-7(4-12-8)10-5-9-6/h6-7H,3-5H2,1-2H3/t6-,7+. The molecule has 4 heteroatoms. The molecule has 0 aromatic rings. The molecule has 70 valence electrons. The highest BCUT2D eigenvalue weighted by molar-refractivity contribution is 4.77. The van der Waals surface area contributed by atoms with Crippen molar-refractivity contribution in [3.8, 4) is 0 Å². The second-order valence-electron chi connectivity index (χ2n) is 3.55. The Morgan fingerprint density at radius 3 is 2.00 bits per heavy atom. The Hall–Kier alpha value is -0.160. The number of rotatable bonds is 0. The van der Waals surface area contributed by atoms with Crippen LogP contribution in [0.25, 0.3) is 0 Å². The highest BCUT2D eigenvalue weighted by Gasteiger charge is 2.36. The van der Waals surface area contributed by atoms with Gasteiger partial charge in [-0.05, 0) is 13.8 Å². The first-order valence-corrected chi connectivity index (χ1v) is 4.18. The van der Waals surface area contributed by atoms with Crippen LogP contribution in [-0.2, 0) is 18.9 Å². The lowest BCUT2D eigenvalue weighted by Crippen LogP contribution is -2.28. The summed E-state index contributed by atoms with van der Waals surface area (Å²) in [6.45, 7) is 5.26. The summed E-state index contributed by atoms with van der Waals surface area (Å²) < 4.78 is 21.6. The highest BCUT2D eigenvalue weighted by atomic mass is 16.8. The van der Waals surface area contributed by atoms with E-state index in [2.05, 4.69) is 0 Å². The smallest absolute Gasteiger partial charge is 0.163 e. The van der Waals surface area contributed by atoms with Crippen molar-refractivity contribution in [2.45, 2.75) is 31.8 Å². The Balaban J connectivity index is 1.99. The summed E-state index contributed by atoms with van der Waals surface area (Å²) in [5, 5.41) is 0. The van der Waals surface area contributed by atoms with Crippen molar-refractivity contribution in [2.24, 2.45) is 0 Å². The van der Waals surface area contributed by atoms with Crippen LogP contribution in [0, 0.1) is 0 Å². The van der Waals surface area contributed by atoms with E-state index in [0.29, 0.717) is 20.0 Å². The predicted molar refractivity (Wildman–Crippen MR) is 40.6 cm³/mol. The van der Waals surface area contributed by atoms with E-state index in [0.717, 1.165) is 0 Å². The van der Waals surface area contributed by atoms with Gasteiger partial charge < -0.3 is 18.9 Å². The van der Waals surface area contributed by atoms with Gasteiger partial charge >= 0.3 is 0 Å². The van der Waals surface area contributed by atoms with Crippen molar-refractivity contribution in [1.29, 1.82) is 0 Å². The lowest BCUT2D eigenvalue weighted by atomic mass is 10.2. The third-order valence-electron chi connectivity index (χ3n) is 2.17. The fourth-order valence-electron chi connectivity index (χ4n) is 1.35. The first-order valence-electron chi connectivity index (χ1n) is 4.18. The van der Waals surface area contributed by atoms with Crippen molar-refractivity contribution in [3.05, 3.63) is 0 Å². The average molecular weight is 174 g/mol. The molecule has 2 rings (SSSR count). The van der Waals surface area contributed by atoms with Crippen LogP contribution in [0.15, 0.2) is 0 Å². The molecular formula is C8H14O4. The van der Waals surface area contributed by atoms with Crippen LogP contribution in [0.5, 0.6) is 0 Å². The van der Waals surface area contributed by atoms with E-state index in [-0.39, 0.29) is 12.2 Å². The first kappa shape index (κ1) is 8.44. The quantitative estimate of drug-likeness (QED) is 0.536. The number of hydrogen-bond acceptors (Lipinski definition) is 4. The molecule has 2 aliphatic rings. The van der Waals surface area contributed by atoms with E-state index < -0.39 is 5.79 Å². The maximum absolute atomic E-state index is 5.48. The van der Waals surface area contributed by atoms with Gasteiger partial charge in [-0.15, -0.1) is 0 Å². The lowest BCUT2D eigenvalue weighted by molar-refractivity contribution is -0.213. The van der Waals surface area contributed by atoms with Gasteiger partial charge in [-0.1, -0.05) is 0 Å². The third-order valence-corrected chi connectivity index (χ3v) is 2.17. The van der Waals surface area contributed by atoms with Crippen LogP contribution < -0.4 is 0 Å². The molecule has 0 N–H and O–H groups in total. The fraction of sp³-hybridized carbons (Fsp3) is 1.00. The Kier molecular flexibility index (Phi) is 2.08. The normalized spacial score (nSPS) is 40.5. The maximum atomic E-state index is 5.48. The van der Waals surface area contributed by atoms with Crippen LogP contribution in [0.3, 0.4) is 0 Å². The molecule has 0 unspecified atom stereocenters. The molecule has 0 amide bonds. The van der Waals surface area contributed by atoms with Crippen molar-refractivity contribution in [2.75, 3.05) is 20.0 Å². The van der Waals surface area contributed by atoms with Gasteiger partial charge in [0.2, 0.25) is 0 Å². The van der Waals surface area contributed by atoms with Gasteiger partial charge in [0.05, 0.1) is 13.2 Å². The van der Waals surface area contributed by atoms with Gasteiger partial charge in [0.25, 0.3) is 0 Å². The van der Waals surface area contributed by atoms with Gasteiger partial charge in [-0.25, -0.2) is 0 Å². The zero-order valence-electron chi connectivity index (χ0n) is 7.41. The Labute approximate surface area is 71.7 Å². The molecule has 12 heavy (non-hydrogen) atoms. The summed E-state index contributed by atoms with van der Waals surface area (Å²) in [7, 11) is 0. The van der Waals surface area contributed by atoms with Gasteiger partial charge in [-0.3, -0.25) is 0 Å². The molecular weight excluding hydrogens is 160 g/mol. The molecule has 2 heterocycles. The zero-order valence-corrected chi connectivity index (χ0v) is 7.41. The Morgan fingerprint density at radius 1 is 1.00 bits per heavy atom. The van der Waals surface area contributed by atoms with E-state index in [1.807, 2.05) is 13.8 Å². The van der Waals surface area contributed by atoms with Crippen LogP contribution in [0.4, 0.5) is 0 Å². The minimum atomic E-state index is -0.503. The van der Waals surface area contributed by atoms with Gasteiger partial charge in [0, 0.05) is 0 Å². The van der Waals surface area contributed by atoms with E-state index in [4.69, 9.17) is 18.9 Å². The second kappa shape index (κ2) is 2.96. The average Bonchev–Trinajstić information content (AvgIpc) is 2.40. The molecule has 0 radical (unpaired) electrons. The van der Waals surface area contributed by atoms with Crippen LogP contribution >= 0.6 is 0 Å². The summed E-state index contributed by atoms with van der Waals surface area (Å²) in [4.78, 5) is 0. The lowest BCUT2D eigenvalue weighted by Gasteiger charge is -2.22. The van der Waals surface area contributed by atoms with Crippen LogP contribution in [0.2, 0.25) is 0 Å². The number of ether oxygens (including phenoxy) is 4. The largest absolute Gasteiger partial charge is 0.348 e. The molecule has 0 aliphatic carbocycles. The van der Waals surface area contributed by atoms with E-state index >= 15 is 0 Å². The zero-order chi connectivity index (χ0) is 8.60. The summed E-state index contributed by atoms with van der Waals surface area (Å²) in [6, 6.07) is 0. The molecule has 2 saturated heterocycles. The monoisotopic (exact) mass is 174 g/mol. The minimum Gasteiger partial charge on any atom is -0.348 e. The molecule has 0 bridgehead atoms. The first-order chi connectivity index (χ1) is 5.67. The van der Waals surface area contributed by atoms with Gasteiger partial charge in [0.15, 0.2) is 5.79 Å². The molecule has 0 aromatic carbocycles. The Morgan fingerprint density at radius 2 is 1.50 bits per heavy atom. The van der Waals surface area contributed by atoms with Gasteiger partial charge in [-0.2, -0.15) is 0 Å². The predicted octanol–water partition coefficient (Wildman–Crippen LogP) is 0.511. The van der Waals surface area contributed by atoms with Crippen molar-refractivity contribution < 1.29 is 18.9 Å². The summed E-state index contributed by atoms with van der Waals surface area (Å²) in [5.74, 6) is -0.503. The van der Waals surface area contributed by atoms with Gasteiger partial charge in [0.1, 0.15) is 19.0 Å². The van der Waals surface area contributed by atoms with E-state index in [1.54, 1.807) is 0 Å². The molecule has 0 spiro atoms. The second-order valence-corrected chi connectivity index (χ2v) is 3.55. The molecule has 2 fully saturated rings. The maximum Gasteiger partial charge on any atom is 0.163 e. The van der Waals surface area contributed by atoms with Crippen LogP contribution in [0.1, 0.15) is 13.8 Å². The topological polar surface area (TPSA) is 36.9 Å². The third kappa shape index (κ3) is 1.61. The minimum absolute atomic E-state index is 0.0479. The summed E-state index contributed by atoms with van der Waals surface area (Å²) in [5.41, 5.74) is 0. The van der Waals surface area contributed by atoms with E-state index in [9.17, 15) is 0 Å².